The number of nitrogens with zero attached hydrogens (tertiary/aromatic N) is 1. The van der Waals surface area contributed by atoms with E-state index < -0.39 is 11.8 Å². The second-order valence-electron chi connectivity index (χ2n) is 5.54. The van der Waals surface area contributed by atoms with E-state index in [1.54, 1.807) is 6.92 Å². The lowest BCUT2D eigenvalue weighted by atomic mass is 9.96. The van der Waals surface area contributed by atoms with E-state index in [0.717, 1.165) is 6.07 Å². The smallest absolute Gasteiger partial charge is 0.274 e. The molecule has 0 aliphatic rings. The summed E-state index contributed by atoms with van der Waals surface area (Å²) in [7, 11) is 0. The van der Waals surface area contributed by atoms with Crippen molar-refractivity contribution in [2.45, 2.75) is 26.7 Å². The fourth-order valence-electron chi connectivity index (χ4n) is 2.34. The van der Waals surface area contributed by atoms with Crippen LogP contribution in [0.5, 0.6) is 11.5 Å². The molecule has 2 aromatic rings. The molecule has 0 aliphatic heterocycles. The van der Waals surface area contributed by atoms with Crippen LogP contribution in [0.25, 0.3) is 11.3 Å². The molecule has 2 rings (SSSR count). The molecule has 1 aromatic heterocycles. The van der Waals surface area contributed by atoms with Crippen molar-refractivity contribution in [2.75, 3.05) is 6.54 Å². The van der Waals surface area contributed by atoms with Gasteiger partial charge in [0.25, 0.3) is 11.8 Å². The van der Waals surface area contributed by atoms with Crippen molar-refractivity contribution in [1.82, 2.24) is 10.5 Å². The number of hydrogen-bond acceptors (Lipinski definition) is 6. The number of phenols is 2. The molecule has 8 heteroatoms. The molecule has 0 atom stereocenters. The average Bonchev–Trinajstić information content (AvgIpc) is 2.92. The number of nitrogens with one attached hydrogen (secondary N) is 1. The lowest BCUT2D eigenvalue weighted by molar-refractivity contribution is 0.0932. The van der Waals surface area contributed by atoms with Crippen LogP contribution in [-0.4, -0.2) is 33.7 Å². The molecule has 0 spiro atoms. The fourth-order valence-corrected chi connectivity index (χ4v) is 2.34. The van der Waals surface area contributed by atoms with Crippen molar-refractivity contribution in [2.24, 2.45) is 5.73 Å². The van der Waals surface area contributed by atoms with Crippen molar-refractivity contribution in [3.8, 4) is 22.8 Å². The Balaban J connectivity index is 2.67. The van der Waals surface area contributed by atoms with Gasteiger partial charge in [0.2, 0.25) is 0 Å². The lowest BCUT2D eigenvalue weighted by Gasteiger charge is -2.11. The zero-order chi connectivity index (χ0) is 18.0. The van der Waals surface area contributed by atoms with Gasteiger partial charge in [-0.05, 0) is 24.5 Å². The highest BCUT2D eigenvalue weighted by Gasteiger charge is 2.28. The molecule has 24 heavy (non-hydrogen) atoms. The summed E-state index contributed by atoms with van der Waals surface area (Å²) in [4.78, 5) is 23.8. The van der Waals surface area contributed by atoms with Gasteiger partial charge >= 0.3 is 0 Å². The Kier molecular flexibility index (Phi) is 4.77. The third-order valence-corrected chi connectivity index (χ3v) is 3.50. The molecule has 0 radical (unpaired) electrons. The Morgan fingerprint density at radius 1 is 1.29 bits per heavy atom. The number of carbonyl (C=O) groups excluding carboxylic acids is 2. The molecule has 8 nitrogen and oxygen atoms in total. The van der Waals surface area contributed by atoms with E-state index in [4.69, 9.17) is 10.3 Å². The van der Waals surface area contributed by atoms with Crippen molar-refractivity contribution in [1.29, 1.82) is 0 Å². The Morgan fingerprint density at radius 2 is 1.96 bits per heavy atom. The molecular formula is C16H19N3O5. The van der Waals surface area contributed by atoms with E-state index in [2.05, 4.69) is 10.5 Å². The molecular weight excluding hydrogens is 314 g/mol. The normalized spacial score (nSPS) is 10.8. The third kappa shape index (κ3) is 3.03. The molecule has 1 aromatic carbocycles. The van der Waals surface area contributed by atoms with E-state index in [1.807, 2.05) is 13.8 Å². The van der Waals surface area contributed by atoms with Gasteiger partial charge in [0.15, 0.2) is 11.5 Å². The van der Waals surface area contributed by atoms with Crippen LogP contribution in [0.15, 0.2) is 16.7 Å². The number of phenolic OH excluding ortho intramolecular Hbond substituents is 2. The molecule has 0 saturated carbocycles. The zero-order valence-corrected chi connectivity index (χ0v) is 13.6. The predicted octanol–water partition coefficient (Wildman–Crippen LogP) is 1.72. The molecule has 0 aliphatic carbocycles. The molecule has 0 unspecified atom stereocenters. The van der Waals surface area contributed by atoms with Crippen molar-refractivity contribution in [3.63, 3.8) is 0 Å². The van der Waals surface area contributed by atoms with Crippen LogP contribution in [-0.2, 0) is 0 Å². The molecule has 128 valence electrons. The van der Waals surface area contributed by atoms with E-state index in [9.17, 15) is 19.8 Å². The standard InChI is InChI=1S/C16H19N3O5/c1-4-18-16(23)13-12(15(17)22)14(24-19-13)9-5-8(7(2)3)10(20)6-11(9)21/h5-7,20-21H,4H2,1-3H3,(H2,17,22)(H,18,23). The number of amides is 2. The highest BCUT2D eigenvalue weighted by molar-refractivity contribution is 6.09. The summed E-state index contributed by atoms with van der Waals surface area (Å²) >= 11 is 0. The number of benzene rings is 1. The zero-order valence-electron chi connectivity index (χ0n) is 13.6. The minimum absolute atomic E-state index is 0.0489. The van der Waals surface area contributed by atoms with Crippen LogP contribution < -0.4 is 11.1 Å². The van der Waals surface area contributed by atoms with Crippen LogP contribution >= 0.6 is 0 Å². The van der Waals surface area contributed by atoms with Gasteiger partial charge in [-0.2, -0.15) is 0 Å². The number of aromatic hydroxyl groups is 2. The highest BCUT2D eigenvalue weighted by Crippen LogP contribution is 2.39. The summed E-state index contributed by atoms with van der Waals surface area (Å²) in [6, 6.07) is 2.62. The summed E-state index contributed by atoms with van der Waals surface area (Å²) < 4.78 is 5.11. The highest BCUT2D eigenvalue weighted by atomic mass is 16.5. The van der Waals surface area contributed by atoms with Crippen molar-refractivity contribution in [3.05, 3.63) is 29.0 Å². The largest absolute Gasteiger partial charge is 0.508 e. The monoisotopic (exact) mass is 333 g/mol. The van der Waals surface area contributed by atoms with Crippen LogP contribution in [0.4, 0.5) is 0 Å². The Bertz CT molecular complexity index is 795. The molecule has 0 bridgehead atoms. The number of nitrogens with two attached hydrogens (primary N) is 1. The fraction of sp³-hybridized carbons (Fsp3) is 0.312. The van der Waals surface area contributed by atoms with E-state index in [-0.39, 0.29) is 40.0 Å². The number of primary amides is 1. The van der Waals surface area contributed by atoms with Crippen molar-refractivity contribution >= 4 is 11.8 Å². The first-order valence-electron chi connectivity index (χ1n) is 7.41. The summed E-state index contributed by atoms with van der Waals surface area (Å²) in [5.41, 5.74) is 5.54. The second-order valence-corrected chi connectivity index (χ2v) is 5.54. The molecule has 5 N–H and O–H groups in total. The summed E-state index contributed by atoms with van der Waals surface area (Å²) in [5.74, 6) is -2.10. The van der Waals surface area contributed by atoms with E-state index in [1.165, 1.54) is 6.07 Å². The first-order valence-corrected chi connectivity index (χ1v) is 7.41. The quantitative estimate of drug-likeness (QED) is 0.657. The SMILES string of the molecule is CCNC(=O)c1noc(-c2cc(C(C)C)c(O)cc2O)c1C(N)=O. The maximum atomic E-state index is 12.0. The summed E-state index contributed by atoms with van der Waals surface area (Å²) in [5, 5.41) is 26.1. The van der Waals surface area contributed by atoms with Crippen LogP contribution in [0.2, 0.25) is 0 Å². The van der Waals surface area contributed by atoms with Crippen LogP contribution in [0, 0.1) is 0 Å². The first kappa shape index (κ1) is 17.3. The van der Waals surface area contributed by atoms with Crippen molar-refractivity contribution < 1.29 is 24.3 Å². The first-order chi connectivity index (χ1) is 11.3. The van der Waals surface area contributed by atoms with Gasteiger partial charge in [-0.15, -0.1) is 0 Å². The summed E-state index contributed by atoms with van der Waals surface area (Å²) in [6.45, 7) is 5.75. The Labute approximate surface area is 138 Å². The Morgan fingerprint density at radius 3 is 2.50 bits per heavy atom. The van der Waals surface area contributed by atoms with E-state index >= 15 is 0 Å². The molecule has 1 heterocycles. The van der Waals surface area contributed by atoms with Gasteiger partial charge in [-0.3, -0.25) is 9.59 Å². The lowest BCUT2D eigenvalue weighted by Crippen LogP contribution is -2.26. The second kappa shape index (κ2) is 6.61. The van der Waals surface area contributed by atoms with Gasteiger partial charge in [-0.25, -0.2) is 0 Å². The maximum Gasteiger partial charge on any atom is 0.274 e. The number of hydrogen-bond donors (Lipinski definition) is 4. The maximum absolute atomic E-state index is 12.0. The number of aromatic nitrogens is 1. The number of rotatable bonds is 5. The molecule has 0 fully saturated rings. The minimum atomic E-state index is -0.911. The van der Waals surface area contributed by atoms with Gasteiger partial charge in [0, 0.05) is 12.6 Å². The van der Waals surface area contributed by atoms with Crippen LogP contribution in [0.3, 0.4) is 0 Å². The molecule has 0 saturated heterocycles. The van der Waals surface area contributed by atoms with Gasteiger partial charge in [0.1, 0.15) is 17.1 Å². The minimum Gasteiger partial charge on any atom is -0.508 e. The van der Waals surface area contributed by atoms with Gasteiger partial charge < -0.3 is 25.8 Å². The number of carbonyl (C=O) groups is 2. The van der Waals surface area contributed by atoms with Gasteiger partial charge in [-0.1, -0.05) is 19.0 Å². The topological polar surface area (TPSA) is 139 Å². The third-order valence-electron chi connectivity index (χ3n) is 3.50. The van der Waals surface area contributed by atoms with Crippen LogP contribution in [0.1, 0.15) is 53.1 Å². The average molecular weight is 333 g/mol. The molecule has 2 amide bonds. The van der Waals surface area contributed by atoms with E-state index in [0.29, 0.717) is 12.1 Å². The Hall–Kier alpha value is -3.03. The predicted molar refractivity (Wildman–Crippen MR) is 85.9 cm³/mol. The van der Waals surface area contributed by atoms with Gasteiger partial charge in [0.05, 0.1) is 5.56 Å². The summed E-state index contributed by atoms with van der Waals surface area (Å²) in [6.07, 6.45) is 0.